The molecule has 1 unspecified atom stereocenters. The molecule has 3 aromatic rings. The second-order valence-corrected chi connectivity index (χ2v) is 12.8. The first-order valence-corrected chi connectivity index (χ1v) is 16.6. The Morgan fingerprint density at radius 2 is 1.67 bits per heavy atom. The first-order chi connectivity index (χ1) is 23.2. The smallest absolute Gasteiger partial charge is 0.311 e. The van der Waals surface area contributed by atoms with Crippen LogP contribution in [0.1, 0.15) is 60.0 Å². The zero-order chi connectivity index (χ0) is 33.6. The molecule has 1 saturated carbocycles. The first kappa shape index (κ1) is 33.1. The van der Waals surface area contributed by atoms with E-state index in [0.29, 0.717) is 44.0 Å². The number of amides is 3. The van der Waals surface area contributed by atoms with Crippen molar-refractivity contribution in [2.75, 3.05) is 32.7 Å². The number of halogens is 1. The second kappa shape index (κ2) is 14.9. The van der Waals surface area contributed by atoms with Gasteiger partial charge >= 0.3 is 5.69 Å². The molecule has 1 aliphatic carbocycles. The lowest BCUT2D eigenvalue weighted by atomic mass is 10.0. The number of hydrogen-bond acceptors (Lipinski definition) is 7. The summed E-state index contributed by atoms with van der Waals surface area (Å²) >= 11 is 0. The summed E-state index contributed by atoms with van der Waals surface area (Å²) in [5.41, 5.74) is 1.59. The normalized spacial score (nSPS) is 19.9. The van der Waals surface area contributed by atoms with Crippen molar-refractivity contribution in [3.63, 3.8) is 0 Å². The number of nitro benzene ring substituents is 1. The lowest BCUT2D eigenvalue weighted by Gasteiger charge is -2.37. The van der Waals surface area contributed by atoms with Gasteiger partial charge in [-0.3, -0.25) is 29.4 Å². The Balaban J connectivity index is 1.27. The van der Waals surface area contributed by atoms with Gasteiger partial charge in [0.25, 0.3) is 5.91 Å². The molecule has 3 aromatic carbocycles. The Hall–Kier alpha value is -4.84. The molecule has 0 radical (unpaired) electrons. The van der Waals surface area contributed by atoms with Crippen LogP contribution >= 0.6 is 0 Å². The van der Waals surface area contributed by atoms with Crippen LogP contribution in [0.15, 0.2) is 66.7 Å². The second-order valence-electron chi connectivity index (χ2n) is 12.8. The third-order valence-corrected chi connectivity index (χ3v) is 9.45. The lowest BCUT2D eigenvalue weighted by Crippen LogP contribution is -2.57. The van der Waals surface area contributed by atoms with Crippen LogP contribution in [0.3, 0.4) is 0 Å². The third kappa shape index (κ3) is 7.99. The summed E-state index contributed by atoms with van der Waals surface area (Å²) in [5.74, 6) is -1.12. The number of benzene rings is 3. The van der Waals surface area contributed by atoms with Gasteiger partial charge in [-0.25, -0.2) is 4.39 Å². The highest BCUT2D eigenvalue weighted by Gasteiger charge is 2.33. The van der Waals surface area contributed by atoms with Crippen molar-refractivity contribution < 1.29 is 28.4 Å². The van der Waals surface area contributed by atoms with Crippen LogP contribution in [0.5, 0.6) is 11.5 Å². The molecule has 11 nitrogen and oxygen atoms in total. The maximum absolute atomic E-state index is 14.1. The molecule has 2 aliphatic heterocycles. The molecule has 1 N–H and O–H groups in total. The number of ether oxygens (including phenoxy) is 1. The van der Waals surface area contributed by atoms with Crippen LogP contribution in [0.2, 0.25) is 0 Å². The summed E-state index contributed by atoms with van der Waals surface area (Å²) in [4.78, 5) is 58.7. The highest BCUT2D eigenvalue weighted by Crippen LogP contribution is 2.34. The molecule has 3 aliphatic rings. The number of nitrogens with zero attached hydrogens (tertiary/aromatic N) is 4. The monoisotopic (exact) mass is 657 g/mol. The van der Waals surface area contributed by atoms with Crippen LogP contribution in [0.25, 0.3) is 0 Å². The van der Waals surface area contributed by atoms with E-state index in [1.54, 1.807) is 40.1 Å². The fourth-order valence-corrected chi connectivity index (χ4v) is 6.87. The van der Waals surface area contributed by atoms with Gasteiger partial charge in [0.1, 0.15) is 24.2 Å². The molecular weight excluding hydrogens is 617 g/mol. The summed E-state index contributed by atoms with van der Waals surface area (Å²) in [6, 6.07) is 16.2. The standard InChI is InChI=1S/C36H40FN5O6/c37-28-13-10-25(11-14-28)23-39-16-18-40(19-17-39)36(45)31-21-26-6-5-9-30(20-26)48-33-22-27(12-15-32(33)42(46)47)35(44)41(24-34(43)38-31)29-7-3-1-2-4-8-29/h5-6,9-15,20,22,29,31H,1-4,7-8,16-19,21,23-24H2,(H,38,43). The Morgan fingerprint density at radius 3 is 2.38 bits per heavy atom. The number of carbonyl (C=O) groups excluding carboxylic acids is 3. The van der Waals surface area contributed by atoms with Crippen LogP contribution in [0.4, 0.5) is 10.1 Å². The van der Waals surface area contributed by atoms with E-state index < -0.39 is 22.8 Å². The van der Waals surface area contributed by atoms with Gasteiger partial charge in [0.05, 0.1) is 4.92 Å². The van der Waals surface area contributed by atoms with E-state index in [1.807, 2.05) is 6.07 Å². The average molecular weight is 658 g/mol. The minimum atomic E-state index is -0.905. The highest BCUT2D eigenvalue weighted by molar-refractivity contribution is 5.98. The van der Waals surface area contributed by atoms with Crippen molar-refractivity contribution in [2.45, 2.75) is 63.6 Å². The minimum Gasteiger partial charge on any atom is -0.450 e. The molecule has 0 spiro atoms. The van der Waals surface area contributed by atoms with Gasteiger partial charge in [-0.2, -0.15) is 0 Å². The van der Waals surface area contributed by atoms with Crippen molar-refractivity contribution in [1.29, 1.82) is 0 Å². The van der Waals surface area contributed by atoms with Gasteiger partial charge in [-0.15, -0.1) is 0 Å². The van der Waals surface area contributed by atoms with Gasteiger partial charge in [0.15, 0.2) is 0 Å². The number of fused-ring (bicyclic) bond motifs is 4. The molecule has 0 aromatic heterocycles. The Labute approximate surface area is 278 Å². The van der Waals surface area contributed by atoms with Crippen molar-refractivity contribution in [3.05, 3.63) is 99.4 Å². The summed E-state index contributed by atoms with van der Waals surface area (Å²) in [7, 11) is 0. The van der Waals surface area contributed by atoms with Crippen LogP contribution in [0, 0.1) is 15.9 Å². The van der Waals surface area contributed by atoms with Crippen molar-refractivity contribution in [2.24, 2.45) is 0 Å². The molecule has 2 heterocycles. The zero-order valence-corrected chi connectivity index (χ0v) is 26.8. The maximum Gasteiger partial charge on any atom is 0.311 e. The molecule has 48 heavy (non-hydrogen) atoms. The fraction of sp³-hybridized carbons (Fsp3) is 0.417. The summed E-state index contributed by atoms with van der Waals surface area (Å²) in [5, 5.41) is 14.9. The van der Waals surface area contributed by atoms with E-state index in [9.17, 15) is 28.9 Å². The highest BCUT2D eigenvalue weighted by atomic mass is 19.1. The third-order valence-electron chi connectivity index (χ3n) is 9.45. The van der Waals surface area contributed by atoms with Crippen LogP contribution < -0.4 is 10.1 Å². The van der Waals surface area contributed by atoms with Gasteiger partial charge in [-0.1, -0.05) is 49.9 Å². The first-order valence-electron chi connectivity index (χ1n) is 16.6. The predicted octanol–water partition coefficient (Wildman–Crippen LogP) is 5.08. The van der Waals surface area contributed by atoms with Gasteiger partial charge in [0.2, 0.25) is 17.6 Å². The molecule has 6 rings (SSSR count). The number of nitro groups is 1. The van der Waals surface area contributed by atoms with E-state index >= 15 is 0 Å². The number of piperazine rings is 1. The van der Waals surface area contributed by atoms with E-state index in [-0.39, 0.29) is 47.7 Å². The quantitative estimate of drug-likeness (QED) is 0.231. The Bertz CT molecular complexity index is 1650. The predicted molar refractivity (Wildman–Crippen MR) is 176 cm³/mol. The maximum atomic E-state index is 14.1. The molecular formula is C36H40FN5O6. The van der Waals surface area contributed by atoms with Crippen LogP contribution in [-0.2, 0) is 22.6 Å². The summed E-state index contributed by atoms with van der Waals surface area (Å²) in [6.07, 6.45) is 5.59. The number of rotatable bonds is 5. The molecule has 4 bridgehead atoms. The number of nitrogens with one attached hydrogen (secondary N) is 1. The van der Waals surface area contributed by atoms with Gasteiger partial charge in [-0.05, 0) is 54.3 Å². The fourth-order valence-electron chi connectivity index (χ4n) is 6.87. The van der Waals surface area contributed by atoms with Gasteiger partial charge in [0, 0.05) is 62.9 Å². The molecule has 1 atom stereocenters. The largest absolute Gasteiger partial charge is 0.450 e. The van der Waals surface area contributed by atoms with Crippen molar-refractivity contribution >= 4 is 23.4 Å². The lowest BCUT2D eigenvalue weighted by molar-refractivity contribution is -0.385. The minimum absolute atomic E-state index is 0.0727. The van der Waals surface area contributed by atoms with Crippen molar-refractivity contribution in [3.8, 4) is 11.5 Å². The summed E-state index contributed by atoms with van der Waals surface area (Å²) < 4.78 is 19.4. The van der Waals surface area contributed by atoms with Crippen LogP contribution in [-0.4, -0.2) is 82.2 Å². The van der Waals surface area contributed by atoms with E-state index in [1.165, 1.54) is 30.3 Å². The zero-order valence-electron chi connectivity index (χ0n) is 26.8. The Morgan fingerprint density at radius 1 is 0.938 bits per heavy atom. The van der Waals surface area contributed by atoms with E-state index in [4.69, 9.17) is 4.74 Å². The Kier molecular flexibility index (Phi) is 10.3. The molecule has 1 saturated heterocycles. The molecule has 3 amide bonds. The van der Waals surface area contributed by atoms with Gasteiger partial charge < -0.3 is 19.9 Å². The molecule has 12 heteroatoms. The molecule has 2 fully saturated rings. The summed E-state index contributed by atoms with van der Waals surface area (Å²) in [6.45, 7) is 2.55. The SMILES string of the molecule is O=C1CN(C2CCCCCC2)C(=O)c2ccc([N+](=O)[O-])c(c2)Oc2cccc(c2)CC(C(=O)N2CCN(Cc3ccc(F)cc3)CC2)N1. The number of carbonyl (C=O) groups is 3. The molecule has 252 valence electrons. The average Bonchev–Trinajstić information content (AvgIpc) is 3.37. The van der Waals surface area contributed by atoms with E-state index in [2.05, 4.69) is 10.2 Å². The van der Waals surface area contributed by atoms with Crippen molar-refractivity contribution in [1.82, 2.24) is 20.0 Å². The topological polar surface area (TPSA) is 125 Å². The van der Waals surface area contributed by atoms with E-state index in [0.717, 1.165) is 44.1 Å². The number of hydrogen-bond donors (Lipinski definition) is 1.